The Morgan fingerprint density at radius 2 is 2.17 bits per heavy atom. The van der Waals surface area contributed by atoms with Crippen LogP contribution < -0.4 is 15.6 Å². The topological polar surface area (TPSA) is 126 Å². The SMILES string of the molecule is COC(=O)c1c(NC(=O)CCSc2c(=O)o[nH][n+]2C)sc2c1CCN(C(C)=O)C2. The molecule has 0 radical (unpaired) electrons. The standard InChI is InChI=1S/C17H20N4O6S2/c1-9(22)21-6-4-10-11(8-21)29-14(13(10)16(24)26-3)18-12(23)5-7-28-15-17(25)27-19-20(15)2/h4-8H2,1-3H3,(H-,18,19,23,24,25)/p+1. The van der Waals surface area contributed by atoms with Crippen LogP contribution in [0.1, 0.15) is 34.1 Å². The fourth-order valence-electron chi connectivity index (χ4n) is 3.00. The molecule has 2 amide bonds. The highest BCUT2D eigenvalue weighted by Crippen LogP contribution is 2.37. The third kappa shape index (κ3) is 4.53. The van der Waals surface area contributed by atoms with E-state index in [9.17, 15) is 19.2 Å². The molecule has 0 fully saturated rings. The molecular weight excluding hydrogens is 420 g/mol. The Balaban J connectivity index is 1.71. The van der Waals surface area contributed by atoms with E-state index in [1.54, 1.807) is 11.9 Å². The smallest absolute Gasteiger partial charge is 0.441 e. The first-order valence-corrected chi connectivity index (χ1v) is 10.6. The zero-order chi connectivity index (χ0) is 21.1. The lowest BCUT2D eigenvalue weighted by Gasteiger charge is -2.25. The lowest BCUT2D eigenvalue weighted by Crippen LogP contribution is -2.33. The Morgan fingerprint density at radius 3 is 2.79 bits per heavy atom. The molecule has 2 aromatic rings. The van der Waals surface area contributed by atoms with Gasteiger partial charge in [0.05, 0.1) is 19.2 Å². The molecule has 3 rings (SSSR count). The van der Waals surface area contributed by atoms with Crippen molar-refractivity contribution < 1.29 is 28.3 Å². The molecule has 0 saturated carbocycles. The van der Waals surface area contributed by atoms with Crippen molar-refractivity contribution >= 4 is 45.9 Å². The zero-order valence-corrected chi connectivity index (χ0v) is 17.8. The predicted octanol–water partition coefficient (Wildman–Crippen LogP) is 0.666. The number of methoxy groups -OCH3 is 1. The van der Waals surface area contributed by atoms with Gasteiger partial charge in [-0.25, -0.2) is 9.59 Å². The van der Waals surface area contributed by atoms with Gasteiger partial charge in [0.2, 0.25) is 11.8 Å². The molecule has 0 unspecified atom stereocenters. The van der Waals surface area contributed by atoms with Crippen LogP contribution in [0.3, 0.4) is 0 Å². The van der Waals surface area contributed by atoms with E-state index in [1.807, 2.05) is 0 Å². The molecule has 1 aliphatic heterocycles. The van der Waals surface area contributed by atoms with E-state index in [0.717, 1.165) is 10.4 Å². The third-order valence-corrected chi connectivity index (χ3v) is 6.72. The van der Waals surface area contributed by atoms with Crippen LogP contribution in [0.2, 0.25) is 0 Å². The second-order valence-corrected chi connectivity index (χ2v) is 8.57. The normalized spacial score (nSPS) is 13.1. The minimum atomic E-state index is -0.514. The maximum Gasteiger partial charge on any atom is 0.441 e. The van der Waals surface area contributed by atoms with Gasteiger partial charge in [-0.05, 0) is 29.0 Å². The van der Waals surface area contributed by atoms with Crippen molar-refractivity contribution in [1.29, 1.82) is 0 Å². The minimum absolute atomic E-state index is 0.0336. The summed E-state index contributed by atoms with van der Waals surface area (Å²) in [6.45, 7) is 2.43. The molecule has 0 aliphatic carbocycles. The molecule has 2 N–H and O–H groups in total. The molecule has 1 aliphatic rings. The van der Waals surface area contributed by atoms with Gasteiger partial charge in [-0.2, -0.15) is 0 Å². The second kappa shape index (κ2) is 8.82. The van der Waals surface area contributed by atoms with E-state index in [-0.39, 0.29) is 18.2 Å². The number of thioether (sulfide) groups is 1. The minimum Gasteiger partial charge on any atom is -0.465 e. The predicted molar refractivity (Wildman–Crippen MR) is 105 cm³/mol. The van der Waals surface area contributed by atoms with Gasteiger partial charge in [-0.1, -0.05) is 4.68 Å². The van der Waals surface area contributed by atoms with Crippen LogP contribution in [0.5, 0.6) is 0 Å². The number of nitrogens with zero attached hydrogens (tertiary/aromatic N) is 2. The number of carbonyl (C=O) groups is 3. The van der Waals surface area contributed by atoms with Crippen molar-refractivity contribution in [1.82, 2.24) is 10.2 Å². The number of thiophene rings is 1. The van der Waals surface area contributed by atoms with Gasteiger partial charge in [0, 0.05) is 30.5 Å². The highest BCUT2D eigenvalue weighted by atomic mass is 32.2. The Labute approximate surface area is 174 Å². The number of esters is 1. The number of nitrogens with one attached hydrogen (secondary N) is 2. The van der Waals surface area contributed by atoms with Crippen LogP contribution in [0.25, 0.3) is 0 Å². The summed E-state index contributed by atoms with van der Waals surface area (Å²) in [5.74, 6) is -0.472. The number of carbonyl (C=O) groups excluding carboxylic acids is 3. The first-order chi connectivity index (χ1) is 13.8. The first-order valence-electron chi connectivity index (χ1n) is 8.80. The van der Waals surface area contributed by atoms with Gasteiger partial charge in [0.25, 0.3) is 0 Å². The molecule has 3 heterocycles. The van der Waals surface area contributed by atoms with Crippen molar-refractivity contribution in [2.24, 2.45) is 7.05 Å². The van der Waals surface area contributed by atoms with E-state index in [0.29, 0.717) is 40.9 Å². The summed E-state index contributed by atoms with van der Waals surface area (Å²) < 4.78 is 11.0. The number of amides is 2. The van der Waals surface area contributed by atoms with Crippen LogP contribution in [0.4, 0.5) is 5.00 Å². The summed E-state index contributed by atoms with van der Waals surface area (Å²) in [7, 11) is 2.93. The van der Waals surface area contributed by atoms with Crippen molar-refractivity contribution in [2.45, 2.75) is 31.3 Å². The lowest BCUT2D eigenvalue weighted by atomic mass is 10.0. The summed E-state index contributed by atoms with van der Waals surface area (Å²) in [5, 5.41) is 5.98. The van der Waals surface area contributed by atoms with Crippen LogP contribution in [0.15, 0.2) is 14.3 Å². The molecule has 0 saturated heterocycles. The molecule has 29 heavy (non-hydrogen) atoms. The molecule has 10 nitrogen and oxygen atoms in total. The van der Waals surface area contributed by atoms with Gasteiger partial charge in [0.15, 0.2) is 7.05 Å². The average molecular weight is 442 g/mol. The highest BCUT2D eigenvalue weighted by Gasteiger charge is 2.30. The lowest BCUT2D eigenvalue weighted by molar-refractivity contribution is -0.772. The number of anilines is 1. The van der Waals surface area contributed by atoms with E-state index in [1.165, 1.54) is 41.8 Å². The Kier molecular flexibility index (Phi) is 6.42. The van der Waals surface area contributed by atoms with Gasteiger partial charge < -0.3 is 15.0 Å². The Morgan fingerprint density at radius 1 is 1.41 bits per heavy atom. The highest BCUT2D eigenvalue weighted by molar-refractivity contribution is 7.99. The summed E-state index contributed by atoms with van der Waals surface area (Å²) in [6.07, 6.45) is 0.666. The van der Waals surface area contributed by atoms with Crippen molar-refractivity contribution in [3.05, 3.63) is 26.4 Å². The number of ether oxygens (including phenoxy) is 1. The van der Waals surface area contributed by atoms with Gasteiger partial charge >= 0.3 is 16.6 Å². The average Bonchev–Trinajstić information content (AvgIpc) is 3.20. The fraction of sp³-hybridized carbons (Fsp3) is 0.471. The molecule has 2 aromatic heterocycles. The van der Waals surface area contributed by atoms with Crippen LogP contribution in [0, 0.1) is 0 Å². The van der Waals surface area contributed by atoms with Gasteiger partial charge in [-0.15, -0.1) is 11.3 Å². The van der Waals surface area contributed by atoms with Gasteiger partial charge in [0.1, 0.15) is 5.00 Å². The molecular formula is C17H21N4O6S2+. The number of fused-ring (bicyclic) bond motifs is 1. The largest absolute Gasteiger partial charge is 0.465 e. The maximum atomic E-state index is 12.4. The first kappa shape index (κ1) is 21.1. The molecule has 0 spiro atoms. The molecule has 0 atom stereocenters. The van der Waals surface area contributed by atoms with Crippen molar-refractivity contribution in [2.75, 3.05) is 24.7 Å². The van der Waals surface area contributed by atoms with E-state index >= 15 is 0 Å². The fourth-order valence-corrected chi connectivity index (χ4v) is 5.13. The summed E-state index contributed by atoms with van der Waals surface area (Å²) in [4.78, 5) is 50.5. The third-order valence-electron chi connectivity index (χ3n) is 4.47. The number of H-pyrrole nitrogens is 1. The zero-order valence-electron chi connectivity index (χ0n) is 16.2. The van der Waals surface area contributed by atoms with E-state index < -0.39 is 11.6 Å². The second-order valence-electron chi connectivity index (χ2n) is 6.38. The monoisotopic (exact) mass is 441 g/mol. The van der Waals surface area contributed by atoms with Crippen LogP contribution in [-0.2, 0) is 34.3 Å². The number of rotatable bonds is 6. The Hall–Kier alpha value is -2.60. The number of aromatic nitrogens is 2. The van der Waals surface area contributed by atoms with E-state index in [4.69, 9.17) is 4.74 Å². The van der Waals surface area contributed by atoms with Gasteiger partial charge in [-0.3, -0.25) is 14.1 Å². The molecule has 12 heteroatoms. The van der Waals surface area contributed by atoms with Crippen molar-refractivity contribution in [3.8, 4) is 0 Å². The summed E-state index contributed by atoms with van der Waals surface area (Å²) in [5.41, 5.74) is 0.683. The number of hydrogen-bond acceptors (Lipinski definition) is 8. The quantitative estimate of drug-likeness (QED) is 0.383. The van der Waals surface area contributed by atoms with Crippen LogP contribution >= 0.6 is 23.1 Å². The molecule has 0 aromatic carbocycles. The number of aryl methyl sites for hydroxylation is 1. The Bertz CT molecular complexity index is 1010. The van der Waals surface area contributed by atoms with Crippen molar-refractivity contribution in [3.63, 3.8) is 0 Å². The summed E-state index contributed by atoms with van der Waals surface area (Å²) in [6, 6.07) is 0. The molecule has 0 bridgehead atoms. The maximum absolute atomic E-state index is 12.4. The number of hydrogen-bond donors (Lipinski definition) is 2. The number of aromatic amines is 1. The summed E-state index contributed by atoms with van der Waals surface area (Å²) >= 11 is 2.48. The molecule has 156 valence electrons. The van der Waals surface area contributed by atoms with Crippen LogP contribution in [-0.4, -0.2) is 47.4 Å². The van der Waals surface area contributed by atoms with E-state index in [2.05, 4.69) is 15.1 Å².